The molecule has 0 spiro atoms. The Morgan fingerprint density at radius 2 is 2.09 bits per heavy atom. The first-order valence-electron chi connectivity index (χ1n) is 11.3. The number of likely N-dealkylation sites (N-methyl/N-ethyl adjacent to an activating group) is 1. The molecule has 2 heterocycles. The summed E-state index contributed by atoms with van der Waals surface area (Å²) < 4.78 is 33.1. The molecule has 2 aromatic rings. The number of hydrogen-bond acceptors (Lipinski definition) is 7. The highest BCUT2D eigenvalue weighted by molar-refractivity contribution is 7.88. The number of hydrogen-bond donors (Lipinski definition) is 2. The van der Waals surface area contributed by atoms with E-state index < -0.39 is 28.1 Å². The van der Waals surface area contributed by atoms with Gasteiger partial charge in [-0.3, -0.25) is 14.3 Å². The molecule has 3 atom stereocenters. The van der Waals surface area contributed by atoms with E-state index in [9.17, 15) is 23.1 Å². The van der Waals surface area contributed by atoms with Gasteiger partial charge in [0.2, 0.25) is 10.0 Å². The molecule has 192 valence electrons. The molecule has 1 aliphatic rings. The molecule has 12 heteroatoms. The Hall–Kier alpha value is -2.96. The van der Waals surface area contributed by atoms with Gasteiger partial charge in [-0.15, -0.1) is 0 Å². The first-order chi connectivity index (χ1) is 16.3. The number of rotatable bonds is 7. The van der Waals surface area contributed by atoms with Crippen molar-refractivity contribution < 1.29 is 27.9 Å². The molecule has 0 fully saturated rings. The second-order valence-corrected chi connectivity index (χ2v) is 11.2. The summed E-state index contributed by atoms with van der Waals surface area (Å²) in [5, 5.41) is 16.8. The number of ether oxygens (including phenoxy) is 1. The lowest BCUT2D eigenvalue weighted by Crippen LogP contribution is -2.50. The fourth-order valence-electron chi connectivity index (χ4n) is 3.96. The van der Waals surface area contributed by atoms with Crippen LogP contribution in [0.15, 0.2) is 24.3 Å². The van der Waals surface area contributed by atoms with E-state index in [2.05, 4.69) is 10.4 Å². The minimum atomic E-state index is -3.48. The third kappa shape index (κ3) is 5.82. The number of nitrogens with zero attached hydrogens (tertiary/aromatic N) is 4. The highest BCUT2D eigenvalue weighted by Crippen LogP contribution is 2.35. The quantitative estimate of drug-likeness (QED) is 0.573. The van der Waals surface area contributed by atoms with Crippen LogP contribution < -0.4 is 10.1 Å². The first kappa shape index (κ1) is 26.6. The van der Waals surface area contributed by atoms with Crippen molar-refractivity contribution >= 4 is 27.5 Å². The molecular weight excluding hydrogens is 474 g/mol. The van der Waals surface area contributed by atoms with Gasteiger partial charge in [0.25, 0.3) is 11.8 Å². The monoisotopic (exact) mass is 507 g/mol. The summed E-state index contributed by atoms with van der Waals surface area (Å²) in [5.41, 5.74) is 1.49. The second kappa shape index (κ2) is 10.3. The SMILES string of the molecule is Cc1cc(C(=O)Nc2cccc3c2O[C@H](CN(C)S(C)(=O)=O)[C@H](C)CN([C@H](C)CO)C3=O)n(C)n1. The highest BCUT2D eigenvalue weighted by Gasteiger charge is 2.35. The standard InChI is InChI=1S/C23H33N5O6S/c1-14-11-28(16(3)13-29)23(31)17-8-7-9-18(24-22(30)19-10-15(2)25-27(19)5)21(17)34-20(14)12-26(4)35(6,32)33/h7-10,14,16,20,29H,11-13H2,1-6H3,(H,24,30)/t14-,16-,20-/m1/s1. The zero-order valence-electron chi connectivity index (χ0n) is 20.8. The van der Waals surface area contributed by atoms with E-state index in [-0.39, 0.29) is 48.5 Å². The van der Waals surface area contributed by atoms with Gasteiger partial charge in [-0.05, 0) is 32.0 Å². The minimum Gasteiger partial charge on any atom is -0.486 e. The van der Waals surface area contributed by atoms with Crippen LogP contribution in [0.1, 0.15) is 40.4 Å². The number of fused-ring (bicyclic) bond motifs is 1. The fraction of sp³-hybridized carbons (Fsp3) is 0.522. The van der Waals surface area contributed by atoms with Gasteiger partial charge in [0.1, 0.15) is 11.8 Å². The number of carbonyl (C=O) groups excluding carboxylic acids is 2. The van der Waals surface area contributed by atoms with Crippen molar-refractivity contribution in [2.24, 2.45) is 13.0 Å². The molecule has 11 nitrogen and oxygen atoms in total. The van der Waals surface area contributed by atoms with Crippen molar-refractivity contribution in [3.05, 3.63) is 41.2 Å². The van der Waals surface area contributed by atoms with Crippen molar-refractivity contribution in [1.29, 1.82) is 0 Å². The molecule has 0 unspecified atom stereocenters. The van der Waals surface area contributed by atoms with Gasteiger partial charge in [-0.1, -0.05) is 13.0 Å². The number of amides is 2. The Labute approximate surface area is 205 Å². The van der Waals surface area contributed by atoms with E-state index in [1.807, 2.05) is 6.92 Å². The molecule has 1 aliphatic heterocycles. The van der Waals surface area contributed by atoms with E-state index in [0.717, 1.165) is 6.26 Å². The van der Waals surface area contributed by atoms with Gasteiger partial charge in [0.15, 0.2) is 5.75 Å². The molecule has 35 heavy (non-hydrogen) atoms. The molecule has 2 amide bonds. The Kier molecular flexibility index (Phi) is 7.87. The van der Waals surface area contributed by atoms with E-state index in [1.54, 1.807) is 50.1 Å². The largest absolute Gasteiger partial charge is 0.486 e. The molecule has 2 N–H and O–H groups in total. The Morgan fingerprint density at radius 3 is 2.66 bits per heavy atom. The normalized spacial score (nSPS) is 19.5. The maximum atomic E-state index is 13.5. The topological polar surface area (TPSA) is 134 Å². The molecule has 1 aromatic carbocycles. The van der Waals surface area contributed by atoms with Crippen LogP contribution >= 0.6 is 0 Å². The molecule has 0 aliphatic carbocycles. The highest BCUT2D eigenvalue weighted by atomic mass is 32.2. The smallest absolute Gasteiger partial charge is 0.274 e. The molecule has 3 rings (SSSR count). The molecule has 0 saturated carbocycles. The third-order valence-corrected chi connectivity index (χ3v) is 7.46. The van der Waals surface area contributed by atoms with Crippen molar-refractivity contribution in [3.8, 4) is 5.75 Å². The molecule has 1 aromatic heterocycles. The number of aromatic nitrogens is 2. The van der Waals surface area contributed by atoms with Crippen molar-refractivity contribution in [1.82, 2.24) is 19.0 Å². The Balaban J connectivity index is 2.07. The summed E-state index contributed by atoms with van der Waals surface area (Å²) in [7, 11) is -0.365. The second-order valence-electron chi connectivity index (χ2n) is 9.10. The van der Waals surface area contributed by atoms with Gasteiger partial charge >= 0.3 is 0 Å². The number of aliphatic hydroxyl groups is 1. The van der Waals surface area contributed by atoms with E-state index in [1.165, 1.54) is 16.0 Å². The van der Waals surface area contributed by atoms with Crippen molar-refractivity contribution in [2.75, 3.05) is 38.3 Å². The number of nitrogens with one attached hydrogen (secondary N) is 1. The summed E-state index contributed by atoms with van der Waals surface area (Å²) in [5.74, 6) is -0.916. The number of para-hydroxylation sites is 1. The van der Waals surface area contributed by atoms with Gasteiger partial charge in [-0.2, -0.15) is 5.10 Å². The summed E-state index contributed by atoms with van der Waals surface area (Å²) in [6, 6.07) is 6.02. The van der Waals surface area contributed by atoms with Crippen molar-refractivity contribution in [3.63, 3.8) is 0 Å². The average molecular weight is 508 g/mol. The van der Waals surface area contributed by atoms with E-state index in [4.69, 9.17) is 4.74 Å². The molecule has 0 bridgehead atoms. The number of benzene rings is 1. The predicted octanol–water partition coefficient (Wildman–Crippen LogP) is 1.09. The minimum absolute atomic E-state index is 0.0399. The van der Waals surface area contributed by atoms with Crippen molar-refractivity contribution in [2.45, 2.75) is 32.9 Å². The first-order valence-corrected chi connectivity index (χ1v) is 13.1. The average Bonchev–Trinajstić information content (AvgIpc) is 3.13. The lowest BCUT2D eigenvalue weighted by atomic mass is 9.99. The summed E-state index contributed by atoms with van der Waals surface area (Å²) >= 11 is 0. The number of anilines is 1. The predicted molar refractivity (Wildman–Crippen MR) is 131 cm³/mol. The van der Waals surface area contributed by atoms with Crippen LogP contribution in [0.25, 0.3) is 0 Å². The zero-order chi connectivity index (χ0) is 26.1. The fourth-order valence-corrected chi connectivity index (χ4v) is 4.38. The lowest BCUT2D eigenvalue weighted by Gasteiger charge is -2.38. The van der Waals surface area contributed by atoms with E-state index >= 15 is 0 Å². The number of aryl methyl sites for hydroxylation is 2. The molecule has 0 radical (unpaired) electrons. The van der Waals surface area contributed by atoms with Crippen LogP contribution in [0.3, 0.4) is 0 Å². The maximum absolute atomic E-state index is 13.5. The van der Waals surface area contributed by atoms with Crippen LogP contribution in [0, 0.1) is 12.8 Å². The van der Waals surface area contributed by atoms with Gasteiger partial charge in [-0.25, -0.2) is 12.7 Å². The third-order valence-electron chi connectivity index (χ3n) is 6.18. The summed E-state index contributed by atoms with van der Waals surface area (Å²) in [4.78, 5) is 28.0. The number of aliphatic hydroxyl groups excluding tert-OH is 1. The van der Waals surface area contributed by atoms with Crippen LogP contribution in [0.2, 0.25) is 0 Å². The van der Waals surface area contributed by atoms with Crippen LogP contribution in [-0.2, 0) is 17.1 Å². The van der Waals surface area contributed by atoms with E-state index in [0.29, 0.717) is 11.4 Å². The van der Waals surface area contributed by atoms with Gasteiger partial charge < -0.3 is 20.1 Å². The van der Waals surface area contributed by atoms with Crippen LogP contribution in [-0.4, -0.2) is 89.5 Å². The van der Waals surface area contributed by atoms with Gasteiger partial charge in [0, 0.05) is 26.6 Å². The van der Waals surface area contributed by atoms with Crippen LogP contribution in [0.4, 0.5) is 5.69 Å². The summed E-state index contributed by atoms with van der Waals surface area (Å²) in [6.07, 6.45) is 0.478. The summed E-state index contributed by atoms with van der Waals surface area (Å²) in [6.45, 7) is 5.43. The lowest BCUT2D eigenvalue weighted by molar-refractivity contribution is 0.0389. The zero-order valence-corrected chi connectivity index (χ0v) is 21.7. The maximum Gasteiger partial charge on any atom is 0.274 e. The number of sulfonamides is 1. The number of carbonyl (C=O) groups is 2. The Bertz CT molecular complexity index is 1210. The molecular formula is C23H33N5O6S. The van der Waals surface area contributed by atoms with Gasteiger partial charge in [0.05, 0.1) is 42.4 Å². The molecule has 0 saturated heterocycles. The van der Waals surface area contributed by atoms with Crippen LogP contribution in [0.5, 0.6) is 5.75 Å². The Morgan fingerprint density at radius 1 is 1.40 bits per heavy atom.